The molecule has 0 bridgehead atoms. The largest absolute Gasteiger partial charge is 0.495 e. The lowest BCUT2D eigenvalue weighted by atomic mass is 9.98. The summed E-state index contributed by atoms with van der Waals surface area (Å²) in [5, 5.41) is 9.66. The molecule has 0 saturated carbocycles. The number of aliphatic hydroxyl groups is 1. The molecule has 0 aliphatic rings. The van der Waals surface area contributed by atoms with Gasteiger partial charge in [-0.25, -0.2) is 4.39 Å². The predicted octanol–water partition coefficient (Wildman–Crippen LogP) is 2.82. The second-order valence-electron chi connectivity index (χ2n) is 3.53. The van der Waals surface area contributed by atoms with Gasteiger partial charge in [0, 0.05) is 11.6 Å². The van der Waals surface area contributed by atoms with Crippen LogP contribution in [-0.4, -0.2) is 12.2 Å². The lowest BCUT2D eigenvalue weighted by Crippen LogP contribution is -2.17. The van der Waals surface area contributed by atoms with Gasteiger partial charge in [-0.05, 0) is 35.8 Å². The highest BCUT2D eigenvalue weighted by Gasteiger charge is 2.22. The third-order valence-electron chi connectivity index (χ3n) is 1.90. The van der Waals surface area contributed by atoms with E-state index in [-0.39, 0.29) is 5.56 Å². The van der Waals surface area contributed by atoms with Crippen LogP contribution in [0.5, 0.6) is 5.75 Å². The van der Waals surface area contributed by atoms with Crippen LogP contribution in [0.4, 0.5) is 4.39 Å². The van der Waals surface area contributed by atoms with Crippen molar-refractivity contribution in [3.05, 3.63) is 28.0 Å². The van der Waals surface area contributed by atoms with Gasteiger partial charge < -0.3 is 9.84 Å². The summed E-state index contributed by atoms with van der Waals surface area (Å²) in [6.45, 7) is 3.06. The molecule has 0 aromatic heterocycles. The van der Waals surface area contributed by atoms with E-state index in [0.29, 0.717) is 10.2 Å². The van der Waals surface area contributed by atoms with Gasteiger partial charge in [0.15, 0.2) is 0 Å². The summed E-state index contributed by atoms with van der Waals surface area (Å²) in [5.74, 6) is -0.0620. The fraction of sp³-hybridized carbons (Fsp3) is 0.400. The second kappa shape index (κ2) is 3.87. The molecule has 1 aromatic rings. The Morgan fingerprint density at radius 3 is 2.43 bits per heavy atom. The Balaban J connectivity index is 3.29. The average Bonchev–Trinajstić information content (AvgIpc) is 2.06. The first-order valence-corrected chi connectivity index (χ1v) is 4.91. The number of ether oxygens (including phenoxy) is 1. The molecule has 14 heavy (non-hydrogen) atoms. The molecule has 0 radical (unpaired) electrons. The van der Waals surface area contributed by atoms with Crippen molar-refractivity contribution >= 4 is 15.9 Å². The van der Waals surface area contributed by atoms with Crippen molar-refractivity contribution in [3.8, 4) is 5.75 Å². The zero-order chi connectivity index (χ0) is 10.9. The Morgan fingerprint density at radius 1 is 1.43 bits per heavy atom. The minimum absolute atomic E-state index is 0.241. The lowest BCUT2D eigenvalue weighted by Gasteiger charge is -2.19. The van der Waals surface area contributed by atoms with Crippen LogP contribution in [0.1, 0.15) is 19.4 Å². The maximum absolute atomic E-state index is 13.5. The van der Waals surface area contributed by atoms with Gasteiger partial charge in [0.25, 0.3) is 0 Å². The molecular formula is C10H12BrFO2. The highest BCUT2D eigenvalue weighted by molar-refractivity contribution is 9.10. The second-order valence-corrected chi connectivity index (χ2v) is 4.38. The van der Waals surface area contributed by atoms with E-state index < -0.39 is 11.4 Å². The first-order chi connectivity index (χ1) is 6.36. The molecule has 0 aliphatic heterocycles. The van der Waals surface area contributed by atoms with Crippen LogP contribution >= 0.6 is 15.9 Å². The van der Waals surface area contributed by atoms with Gasteiger partial charge in [0.05, 0.1) is 17.2 Å². The summed E-state index contributed by atoms with van der Waals surface area (Å²) in [4.78, 5) is 0. The standard InChI is InChI=1S/C10H12BrFO2/c1-10(2,13)6-4-7(11)9(14-3)5-8(6)12/h4-5,13H,1-3H3. The number of halogens is 2. The summed E-state index contributed by atoms with van der Waals surface area (Å²) >= 11 is 3.23. The highest BCUT2D eigenvalue weighted by atomic mass is 79.9. The topological polar surface area (TPSA) is 29.5 Å². The number of hydrogen-bond acceptors (Lipinski definition) is 2. The van der Waals surface area contributed by atoms with E-state index >= 15 is 0 Å². The summed E-state index contributed by atoms with van der Waals surface area (Å²) < 4.78 is 19.0. The first-order valence-electron chi connectivity index (χ1n) is 4.12. The molecule has 1 N–H and O–H groups in total. The third-order valence-corrected chi connectivity index (χ3v) is 2.52. The molecule has 0 spiro atoms. The van der Waals surface area contributed by atoms with Crippen LogP contribution in [-0.2, 0) is 5.60 Å². The van der Waals surface area contributed by atoms with Crippen LogP contribution < -0.4 is 4.74 Å². The van der Waals surface area contributed by atoms with Gasteiger partial charge in [-0.3, -0.25) is 0 Å². The normalized spacial score (nSPS) is 11.6. The summed E-state index contributed by atoms with van der Waals surface area (Å²) in [5.41, 5.74) is -0.955. The lowest BCUT2D eigenvalue weighted by molar-refractivity contribution is 0.0744. The molecule has 4 heteroatoms. The Kier molecular flexibility index (Phi) is 3.17. The molecule has 0 aliphatic carbocycles. The van der Waals surface area contributed by atoms with Gasteiger partial charge in [-0.2, -0.15) is 0 Å². The van der Waals surface area contributed by atoms with Gasteiger partial charge in [0.2, 0.25) is 0 Å². The Morgan fingerprint density at radius 2 is 2.00 bits per heavy atom. The number of benzene rings is 1. The van der Waals surface area contributed by atoms with E-state index in [9.17, 15) is 9.50 Å². The Labute approximate surface area is 90.8 Å². The quantitative estimate of drug-likeness (QED) is 0.889. The third kappa shape index (κ3) is 2.25. The van der Waals surface area contributed by atoms with E-state index in [1.807, 2.05) is 0 Å². The molecule has 2 nitrogen and oxygen atoms in total. The van der Waals surface area contributed by atoms with Crippen molar-refractivity contribution in [2.24, 2.45) is 0 Å². The fourth-order valence-electron chi connectivity index (χ4n) is 1.15. The molecule has 0 atom stereocenters. The fourth-order valence-corrected chi connectivity index (χ4v) is 1.66. The maximum Gasteiger partial charge on any atom is 0.135 e. The Bertz CT molecular complexity index is 345. The Hall–Kier alpha value is -0.610. The molecular weight excluding hydrogens is 251 g/mol. The molecule has 0 fully saturated rings. The van der Waals surface area contributed by atoms with Crippen molar-refractivity contribution < 1.29 is 14.2 Å². The van der Waals surface area contributed by atoms with Crippen LogP contribution in [0.3, 0.4) is 0 Å². The van der Waals surface area contributed by atoms with Crippen LogP contribution in [0, 0.1) is 5.82 Å². The van der Waals surface area contributed by atoms with Crippen LogP contribution in [0.2, 0.25) is 0 Å². The van der Waals surface area contributed by atoms with Crippen molar-refractivity contribution in [3.63, 3.8) is 0 Å². The minimum Gasteiger partial charge on any atom is -0.495 e. The number of methoxy groups -OCH3 is 1. The monoisotopic (exact) mass is 262 g/mol. The molecule has 78 valence electrons. The molecule has 0 saturated heterocycles. The first kappa shape index (κ1) is 11.5. The van der Waals surface area contributed by atoms with Crippen molar-refractivity contribution in [2.75, 3.05) is 7.11 Å². The van der Waals surface area contributed by atoms with Gasteiger partial charge in [-0.1, -0.05) is 0 Å². The zero-order valence-corrected chi connectivity index (χ0v) is 9.85. The van der Waals surface area contributed by atoms with E-state index in [4.69, 9.17) is 4.74 Å². The highest BCUT2D eigenvalue weighted by Crippen LogP contribution is 2.32. The van der Waals surface area contributed by atoms with E-state index in [2.05, 4.69) is 15.9 Å². The smallest absolute Gasteiger partial charge is 0.135 e. The van der Waals surface area contributed by atoms with Crippen molar-refractivity contribution in [2.45, 2.75) is 19.4 Å². The van der Waals surface area contributed by atoms with E-state index in [1.165, 1.54) is 33.1 Å². The molecule has 0 heterocycles. The summed E-state index contributed by atoms with van der Waals surface area (Å²) in [7, 11) is 1.46. The molecule has 1 aromatic carbocycles. The SMILES string of the molecule is COc1cc(F)c(C(C)(C)O)cc1Br. The zero-order valence-electron chi connectivity index (χ0n) is 8.27. The van der Waals surface area contributed by atoms with Crippen molar-refractivity contribution in [1.29, 1.82) is 0 Å². The van der Waals surface area contributed by atoms with Gasteiger partial charge >= 0.3 is 0 Å². The van der Waals surface area contributed by atoms with Gasteiger partial charge in [0.1, 0.15) is 11.6 Å². The van der Waals surface area contributed by atoms with Crippen LogP contribution in [0.25, 0.3) is 0 Å². The average molecular weight is 263 g/mol. The minimum atomic E-state index is -1.20. The predicted molar refractivity (Wildman–Crippen MR) is 55.9 cm³/mol. The molecule has 0 unspecified atom stereocenters. The molecule has 0 amide bonds. The summed E-state index contributed by atoms with van der Waals surface area (Å²) in [6, 6.07) is 2.77. The van der Waals surface area contributed by atoms with Crippen LogP contribution in [0.15, 0.2) is 16.6 Å². The maximum atomic E-state index is 13.5. The molecule has 1 rings (SSSR count). The number of hydrogen-bond donors (Lipinski definition) is 1. The van der Waals surface area contributed by atoms with E-state index in [1.54, 1.807) is 0 Å². The number of rotatable bonds is 2. The van der Waals surface area contributed by atoms with Gasteiger partial charge in [-0.15, -0.1) is 0 Å². The van der Waals surface area contributed by atoms with E-state index in [0.717, 1.165) is 0 Å². The van der Waals surface area contributed by atoms with Crippen molar-refractivity contribution in [1.82, 2.24) is 0 Å². The summed E-state index contributed by atoms with van der Waals surface area (Å²) in [6.07, 6.45) is 0.